The first-order chi connectivity index (χ1) is 12.3. The summed E-state index contributed by atoms with van der Waals surface area (Å²) in [4.78, 5) is 46.2. The molecule has 0 aromatic heterocycles. The molecule has 1 aliphatic heterocycles. The number of hydrogen-bond donors (Lipinski definition) is 3. The number of carbonyl (C=O) groups is 4. The highest BCUT2D eigenvalue weighted by atomic mass is 16.4. The van der Waals surface area contributed by atoms with Crippen molar-refractivity contribution in [2.24, 2.45) is 17.8 Å². The average Bonchev–Trinajstić information content (AvgIpc) is 2.88. The van der Waals surface area contributed by atoms with Crippen LogP contribution in [0.15, 0.2) is 24.3 Å². The highest BCUT2D eigenvalue weighted by molar-refractivity contribution is 6.03. The summed E-state index contributed by atoms with van der Waals surface area (Å²) in [5.74, 6) is -2.52. The lowest BCUT2D eigenvalue weighted by Gasteiger charge is -2.15. The van der Waals surface area contributed by atoms with E-state index in [-0.39, 0.29) is 42.5 Å². The standard InChI is InChI=1S/C19H24N2O5/c1-11(2)7-15(19(25)26)10-20-17(23)13-5-3-12(4-6-13)8-14-9-16(22)21-18(14)24/h3-6,11,14-15H,7-10H2,1-2H3,(H,20,23)(H,25,26)(H,21,22,24). The Bertz CT molecular complexity index is 696. The van der Waals surface area contributed by atoms with Gasteiger partial charge < -0.3 is 10.4 Å². The van der Waals surface area contributed by atoms with E-state index in [4.69, 9.17) is 0 Å². The zero-order chi connectivity index (χ0) is 19.3. The van der Waals surface area contributed by atoms with Gasteiger partial charge in [-0.2, -0.15) is 0 Å². The summed E-state index contributed by atoms with van der Waals surface area (Å²) in [6, 6.07) is 6.76. The van der Waals surface area contributed by atoms with Crippen molar-refractivity contribution in [3.63, 3.8) is 0 Å². The van der Waals surface area contributed by atoms with Crippen molar-refractivity contribution in [3.8, 4) is 0 Å². The lowest BCUT2D eigenvalue weighted by atomic mass is 9.96. The largest absolute Gasteiger partial charge is 0.481 e. The lowest BCUT2D eigenvalue weighted by Crippen LogP contribution is -2.33. The van der Waals surface area contributed by atoms with Gasteiger partial charge in [0.2, 0.25) is 11.8 Å². The van der Waals surface area contributed by atoms with E-state index in [0.29, 0.717) is 18.4 Å². The number of aliphatic carboxylic acids is 1. The smallest absolute Gasteiger partial charge is 0.308 e. The van der Waals surface area contributed by atoms with Crippen LogP contribution >= 0.6 is 0 Å². The van der Waals surface area contributed by atoms with Gasteiger partial charge in [-0.05, 0) is 36.5 Å². The number of benzene rings is 1. The van der Waals surface area contributed by atoms with Gasteiger partial charge in [0.25, 0.3) is 5.91 Å². The molecule has 140 valence electrons. The first-order valence-corrected chi connectivity index (χ1v) is 8.70. The summed E-state index contributed by atoms with van der Waals surface area (Å²) in [6.07, 6.45) is 1.12. The molecule has 0 spiro atoms. The molecule has 1 aromatic rings. The Kier molecular flexibility index (Phi) is 6.49. The van der Waals surface area contributed by atoms with Gasteiger partial charge in [-0.1, -0.05) is 26.0 Å². The number of hydrogen-bond acceptors (Lipinski definition) is 4. The maximum atomic E-state index is 12.2. The van der Waals surface area contributed by atoms with Crippen molar-refractivity contribution >= 4 is 23.7 Å². The Hall–Kier alpha value is -2.70. The number of amides is 3. The van der Waals surface area contributed by atoms with Crippen LogP contribution in [0.2, 0.25) is 0 Å². The zero-order valence-electron chi connectivity index (χ0n) is 15.0. The molecule has 1 fully saturated rings. The van der Waals surface area contributed by atoms with Gasteiger partial charge in [0.1, 0.15) is 0 Å². The minimum Gasteiger partial charge on any atom is -0.481 e. The second-order valence-corrected chi connectivity index (χ2v) is 7.09. The summed E-state index contributed by atoms with van der Waals surface area (Å²) >= 11 is 0. The molecular weight excluding hydrogens is 336 g/mol. The number of carboxylic acid groups (broad SMARTS) is 1. The van der Waals surface area contributed by atoms with Crippen LogP contribution < -0.4 is 10.6 Å². The fourth-order valence-corrected chi connectivity index (χ4v) is 3.01. The van der Waals surface area contributed by atoms with Gasteiger partial charge in [-0.25, -0.2) is 0 Å². The molecule has 0 bridgehead atoms. The summed E-state index contributed by atoms with van der Waals surface area (Å²) in [7, 11) is 0. The van der Waals surface area contributed by atoms with Crippen LogP contribution in [-0.4, -0.2) is 35.3 Å². The third-order valence-electron chi connectivity index (χ3n) is 4.38. The van der Waals surface area contributed by atoms with Gasteiger partial charge in [0.05, 0.1) is 11.8 Å². The van der Waals surface area contributed by atoms with E-state index >= 15 is 0 Å². The van der Waals surface area contributed by atoms with Crippen LogP contribution in [0.3, 0.4) is 0 Å². The number of rotatable bonds is 8. The molecular formula is C19H24N2O5. The van der Waals surface area contributed by atoms with E-state index in [2.05, 4.69) is 10.6 Å². The summed E-state index contributed by atoms with van der Waals surface area (Å²) < 4.78 is 0. The normalized spacial score (nSPS) is 17.9. The number of carboxylic acids is 1. The number of carbonyl (C=O) groups excluding carboxylic acids is 3. The van der Waals surface area contributed by atoms with E-state index in [1.165, 1.54) is 0 Å². The van der Waals surface area contributed by atoms with Gasteiger partial charge in [-0.15, -0.1) is 0 Å². The van der Waals surface area contributed by atoms with Crippen LogP contribution in [0.25, 0.3) is 0 Å². The average molecular weight is 360 g/mol. The summed E-state index contributed by atoms with van der Waals surface area (Å²) in [5, 5.41) is 14.1. The van der Waals surface area contributed by atoms with E-state index in [9.17, 15) is 24.3 Å². The van der Waals surface area contributed by atoms with Gasteiger partial charge in [0.15, 0.2) is 0 Å². The predicted molar refractivity (Wildman–Crippen MR) is 94.3 cm³/mol. The topological polar surface area (TPSA) is 113 Å². The highest BCUT2D eigenvalue weighted by Crippen LogP contribution is 2.18. The maximum Gasteiger partial charge on any atom is 0.308 e. The minimum absolute atomic E-state index is 0.0818. The van der Waals surface area contributed by atoms with Crippen molar-refractivity contribution in [2.75, 3.05) is 6.54 Å². The Balaban J connectivity index is 1.90. The van der Waals surface area contributed by atoms with E-state index in [1.54, 1.807) is 24.3 Å². The Morgan fingerprint density at radius 1 is 1.23 bits per heavy atom. The summed E-state index contributed by atoms with van der Waals surface area (Å²) in [5.41, 5.74) is 1.29. The van der Waals surface area contributed by atoms with Crippen molar-refractivity contribution in [1.82, 2.24) is 10.6 Å². The molecule has 1 saturated heterocycles. The van der Waals surface area contributed by atoms with Crippen LogP contribution in [0.1, 0.15) is 42.6 Å². The van der Waals surface area contributed by atoms with E-state index in [0.717, 1.165) is 5.56 Å². The van der Waals surface area contributed by atoms with Crippen molar-refractivity contribution in [1.29, 1.82) is 0 Å². The predicted octanol–water partition coefficient (Wildman–Crippen LogP) is 1.37. The SMILES string of the molecule is CC(C)CC(CNC(=O)c1ccc(CC2CC(=O)NC2=O)cc1)C(=O)O. The molecule has 0 aliphatic carbocycles. The Morgan fingerprint density at radius 3 is 2.38 bits per heavy atom. The molecule has 0 saturated carbocycles. The summed E-state index contributed by atoms with van der Waals surface area (Å²) in [6.45, 7) is 3.96. The molecule has 1 heterocycles. The molecule has 2 rings (SSSR count). The van der Waals surface area contributed by atoms with Crippen LogP contribution in [-0.2, 0) is 20.8 Å². The van der Waals surface area contributed by atoms with Crippen molar-refractivity contribution in [2.45, 2.75) is 33.1 Å². The van der Waals surface area contributed by atoms with Crippen LogP contribution in [0.5, 0.6) is 0 Å². The second kappa shape index (κ2) is 8.60. The fourth-order valence-electron chi connectivity index (χ4n) is 3.01. The molecule has 3 amide bonds. The highest BCUT2D eigenvalue weighted by Gasteiger charge is 2.30. The molecule has 26 heavy (non-hydrogen) atoms. The number of imide groups is 1. The molecule has 2 unspecified atom stereocenters. The van der Waals surface area contributed by atoms with Crippen molar-refractivity contribution < 1.29 is 24.3 Å². The van der Waals surface area contributed by atoms with E-state index < -0.39 is 11.9 Å². The second-order valence-electron chi connectivity index (χ2n) is 7.09. The zero-order valence-corrected chi connectivity index (χ0v) is 15.0. The number of nitrogens with one attached hydrogen (secondary N) is 2. The lowest BCUT2D eigenvalue weighted by molar-refractivity contribution is -0.142. The molecule has 1 aromatic carbocycles. The van der Waals surface area contributed by atoms with Crippen LogP contribution in [0, 0.1) is 17.8 Å². The quantitative estimate of drug-likeness (QED) is 0.606. The molecule has 7 heteroatoms. The van der Waals surface area contributed by atoms with Gasteiger partial charge >= 0.3 is 5.97 Å². The molecule has 0 radical (unpaired) electrons. The van der Waals surface area contributed by atoms with Crippen LogP contribution in [0.4, 0.5) is 0 Å². The minimum atomic E-state index is -0.918. The maximum absolute atomic E-state index is 12.2. The van der Waals surface area contributed by atoms with E-state index in [1.807, 2.05) is 13.8 Å². The first-order valence-electron chi connectivity index (χ1n) is 8.70. The molecule has 1 aliphatic rings. The van der Waals surface area contributed by atoms with Gasteiger partial charge in [-0.3, -0.25) is 24.5 Å². The monoisotopic (exact) mass is 360 g/mol. The third kappa shape index (κ3) is 5.40. The van der Waals surface area contributed by atoms with Gasteiger partial charge in [0, 0.05) is 18.5 Å². The first kappa shape index (κ1) is 19.6. The van der Waals surface area contributed by atoms with Crippen molar-refractivity contribution in [3.05, 3.63) is 35.4 Å². The Labute approximate surface area is 152 Å². The molecule has 7 nitrogen and oxygen atoms in total. The Morgan fingerprint density at radius 2 is 1.88 bits per heavy atom. The third-order valence-corrected chi connectivity index (χ3v) is 4.38. The fraction of sp³-hybridized carbons (Fsp3) is 0.474. The molecule has 3 N–H and O–H groups in total. The molecule has 2 atom stereocenters.